The van der Waals surface area contributed by atoms with E-state index in [1.165, 1.54) is 37.9 Å². The van der Waals surface area contributed by atoms with Gasteiger partial charge in [0, 0.05) is 24.7 Å². The SMILES string of the molecule is Cc1cc(C(C)C)ccc1CCOC(=O)n1ccnc1[C@@H](C)c1cccc(C)c1C. The molecule has 158 valence electrons. The molecule has 0 aliphatic heterocycles. The molecule has 0 bridgehead atoms. The maximum absolute atomic E-state index is 12.7. The van der Waals surface area contributed by atoms with E-state index >= 15 is 0 Å². The van der Waals surface area contributed by atoms with Gasteiger partial charge in [0.1, 0.15) is 5.82 Å². The lowest BCUT2D eigenvalue weighted by Gasteiger charge is -2.17. The molecule has 0 spiro atoms. The molecule has 1 atom stereocenters. The third kappa shape index (κ3) is 4.64. The van der Waals surface area contributed by atoms with Gasteiger partial charge in [-0.15, -0.1) is 0 Å². The molecule has 30 heavy (non-hydrogen) atoms. The van der Waals surface area contributed by atoms with Crippen molar-refractivity contribution in [2.45, 2.75) is 59.8 Å². The van der Waals surface area contributed by atoms with Crippen LogP contribution >= 0.6 is 0 Å². The summed E-state index contributed by atoms with van der Waals surface area (Å²) >= 11 is 0. The van der Waals surface area contributed by atoms with Crippen molar-refractivity contribution in [1.82, 2.24) is 9.55 Å². The number of hydrogen-bond donors (Lipinski definition) is 0. The van der Waals surface area contributed by atoms with Crippen molar-refractivity contribution in [1.29, 1.82) is 0 Å². The second-order valence-electron chi connectivity index (χ2n) is 8.37. The average molecular weight is 405 g/mol. The molecule has 0 saturated carbocycles. The van der Waals surface area contributed by atoms with Gasteiger partial charge in [-0.2, -0.15) is 0 Å². The van der Waals surface area contributed by atoms with Crippen LogP contribution in [0.25, 0.3) is 0 Å². The number of aromatic nitrogens is 2. The quantitative estimate of drug-likeness (QED) is 0.483. The Bertz CT molecular complexity index is 1030. The van der Waals surface area contributed by atoms with Crippen molar-refractivity contribution in [2.24, 2.45) is 0 Å². The molecule has 1 aromatic heterocycles. The van der Waals surface area contributed by atoms with Gasteiger partial charge in [-0.05, 0) is 60.1 Å². The number of rotatable bonds is 6. The van der Waals surface area contributed by atoms with Crippen molar-refractivity contribution in [3.05, 3.63) is 88.0 Å². The summed E-state index contributed by atoms with van der Waals surface area (Å²) in [6, 6.07) is 12.8. The summed E-state index contributed by atoms with van der Waals surface area (Å²) in [4.78, 5) is 17.2. The number of aryl methyl sites for hydroxylation is 2. The molecule has 3 aromatic rings. The first-order chi connectivity index (χ1) is 14.3. The molecule has 0 unspecified atom stereocenters. The molecular formula is C26H32N2O2. The Balaban J connectivity index is 1.68. The highest BCUT2D eigenvalue weighted by molar-refractivity contribution is 5.71. The normalized spacial score (nSPS) is 12.2. The predicted octanol–water partition coefficient (Wildman–Crippen LogP) is 6.31. The molecule has 4 nitrogen and oxygen atoms in total. The first-order valence-electron chi connectivity index (χ1n) is 10.7. The van der Waals surface area contributed by atoms with Gasteiger partial charge in [0.25, 0.3) is 0 Å². The van der Waals surface area contributed by atoms with E-state index in [4.69, 9.17) is 4.74 Å². The highest BCUT2D eigenvalue weighted by Gasteiger charge is 2.20. The van der Waals surface area contributed by atoms with Crippen LogP contribution < -0.4 is 0 Å². The average Bonchev–Trinajstić information content (AvgIpc) is 3.20. The van der Waals surface area contributed by atoms with E-state index in [1.54, 1.807) is 12.4 Å². The number of hydrogen-bond acceptors (Lipinski definition) is 3. The monoisotopic (exact) mass is 404 g/mol. The van der Waals surface area contributed by atoms with Crippen LogP contribution in [0.3, 0.4) is 0 Å². The molecule has 0 fully saturated rings. The standard InChI is InChI=1S/C26H32N2O2/c1-17(2)23-11-10-22(19(4)16-23)12-15-30-26(29)28-14-13-27-25(28)21(6)24-9-7-8-18(3)20(24)5/h7-11,13-14,16-17,21H,12,15H2,1-6H3/t21-/m0/s1. The van der Waals surface area contributed by atoms with Crippen molar-refractivity contribution in [3.63, 3.8) is 0 Å². The van der Waals surface area contributed by atoms with Crippen LogP contribution in [0.15, 0.2) is 48.8 Å². The van der Waals surface area contributed by atoms with Gasteiger partial charge in [0.2, 0.25) is 0 Å². The fourth-order valence-electron chi connectivity index (χ4n) is 3.85. The maximum atomic E-state index is 12.7. The number of carbonyl (C=O) groups excluding carboxylic acids is 1. The smallest absolute Gasteiger partial charge is 0.419 e. The van der Waals surface area contributed by atoms with Gasteiger partial charge in [0.05, 0.1) is 6.61 Å². The summed E-state index contributed by atoms with van der Waals surface area (Å²) < 4.78 is 7.12. The van der Waals surface area contributed by atoms with Crippen molar-refractivity contribution < 1.29 is 9.53 Å². The van der Waals surface area contributed by atoms with Gasteiger partial charge in [0.15, 0.2) is 0 Å². The Labute approximate surface area is 179 Å². The molecule has 0 aliphatic rings. The Morgan fingerprint density at radius 1 is 1.07 bits per heavy atom. The van der Waals surface area contributed by atoms with Crippen molar-refractivity contribution in [3.8, 4) is 0 Å². The van der Waals surface area contributed by atoms with Gasteiger partial charge in [-0.1, -0.05) is 57.2 Å². The van der Waals surface area contributed by atoms with E-state index < -0.39 is 0 Å². The first kappa shape index (κ1) is 21.8. The van der Waals surface area contributed by atoms with Gasteiger partial charge in [-0.3, -0.25) is 0 Å². The van der Waals surface area contributed by atoms with Crippen LogP contribution in [0, 0.1) is 20.8 Å². The lowest BCUT2D eigenvalue weighted by Crippen LogP contribution is -2.19. The zero-order chi connectivity index (χ0) is 21.8. The maximum Gasteiger partial charge on any atom is 0.419 e. The summed E-state index contributed by atoms with van der Waals surface area (Å²) in [5.41, 5.74) is 7.42. The topological polar surface area (TPSA) is 44.1 Å². The Morgan fingerprint density at radius 2 is 1.83 bits per heavy atom. The largest absolute Gasteiger partial charge is 0.449 e. The molecule has 0 amide bonds. The van der Waals surface area contributed by atoms with Crippen LogP contribution in [0.5, 0.6) is 0 Å². The molecule has 4 heteroatoms. The second-order valence-corrected chi connectivity index (χ2v) is 8.37. The lowest BCUT2D eigenvalue weighted by molar-refractivity contribution is 0.148. The number of benzene rings is 2. The fraction of sp³-hybridized carbons (Fsp3) is 0.385. The molecule has 1 heterocycles. The second kappa shape index (κ2) is 9.29. The fourth-order valence-corrected chi connectivity index (χ4v) is 3.85. The third-order valence-electron chi connectivity index (χ3n) is 6.00. The highest BCUT2D eigenvalue weighted by Crippen LogP contribution is 2.27. The highest BCUT2D eigenvalue weighted by atomic mass is 16.5. The summed E-state index contributed by atoms with van der Waals surface area (Å²) in [6.45, 7) is 13.1. The van der Waals surface area contributed by atoms with E-state index in [-0.39, 0.29) is 12.0 Å². The number of carbonyl (C=O) groups is 1. The van der Waals surface area contributed by atoms with E-state index in [0.717, 1.165) is 0 Å². The van der Waals surface area contributed by atoms with Crippen LogP contribution in [-0.2, 0) is 11.2 Å². The zero-order valence-corrected chi connectivity index (χ0v) is 18.9. The summed E-state index contributed by atoms with van der Waals surface area (Å²) in [5.74, 6) is 1.21. The molecule has 3 rings (SSSR count). The summed E-state index contributed by atoms with van der Waals surface area (Å²) in [7, 11) is 0. The van der Waals surface area contributed by atoms with Crippen LogP contribution in [0.1, 0.15) is 71.8 Å². The minimum absolute atomic E-state index is 0.00160. The molecule has 0 N–H and O–H groups in total. The van der Waals surface area contributed by atoms with Crippen LogP contribution in [0.2, 0.25) is 0 Å². The number of imidazole rings is 1. The number of ether oxygens (including phenoxy) is 1. The van der Waals surface area contributed by atoms with E-state index in [1.807, 2.05) is 6.07 Å². The van der Waals surface area contributed by atoms with Crippen molar-refractivity contribution >= 4 is 6.09 Å². The summed E-state index contributed by atoms with van der Waals surface area (Å²) in [5, 5.41) is 0. The van der Waals surface area contributed by atoms with Gasteiger partial charge < -0.3 is 4.74 Å². The van der Waals surface area contributed by atoms with Gasteiger partial charge in [-0.25, -0.2) is 14.3 Å². The molecule has 0 saturated heterocycles. The van der Waals surface area contributed by atoms with Crippen molar-refractivity contribution in [2.75, 3.05) is 6.61 Å². The lowest BCUT2D eigenvalue weighted by atomic mass is 9.93. The predicted molar refractivity (Wildman–Crippen MR) is 121 cm³/mol. The van der Waals surface area contributed by atoms with E-state index in [0.29, 0.717) is 24.8 Å². The Morgan fingerprint density at radius 3 is 2.53 bits per heavy atom. The molecular weight excluding hydrogens is 372 g/mol. The van der Waals surface area contributed by atoms with Crippen LogP contribution in [-0.4, -0.2) is 22.3 Å². The zero-order valence-electron chi connectivity index (χ0n) is 18.9. The van der Waals surface area contributed by atoms with E-state index in [2.05, 4.69) is 76.9 Å². The minimum atomic E-state index is -0.379. The molecule has 0 aliphatic carbocycles. The van der Waals surface area contributed by atoms with Gasteiger partial charge >= 0.3 is 6.09 Å². The first-order valence-corrected chi connectivity index (χ1v) is 10.7. The third-order valence-corrected chi connectivity index (χ3v) is 6.00. The van der Waals surface area contributed by atoms with E-state index in [9.17, 15) is 4.79 Å². The molecule has 2 aromatic carbocycles. The van der Waals surface area contributed by atoms with Crippen LogP contribution in [0.4, 0.5) is 4.79 Å². The molecule has 0 radical (unpaired) electrons. The Hall–Kier alpha value is -2.88. The Kier molecular flexibility index (Phi) is 6.76. The number of nitrogens with zero attached hydrogens (tertiary/aromatic N) is 2. The minimum Gasteiger partial charge on any atom is -0.449 e. The summed E-state index contributed by atoms with van der Waals surface area (Å²) in [6.07, 6.45) is 3.66.